The van der Waals surface area contributed by atoms with Crippen molar-refractivity contribution in [2.24, 2.45) is 0 Å². The highest BCUT2D eigenvalue weighted by molar-refractivity contribution is 4.95. The van der Waals surface area contributed by atoms with Crippen LogP contribution in [0.2, 0.25) is 0 Å². The molecular weight excluding hydrogens is 164 g/mol. The van der Waals surface area contributed by atoms with Crippen LogP contribution in [-0.2, 0) is 6.61 Å². The van der Waals surface area contributed by atoms with Gasteiger partial charge >= 0.3 is 0 Å². The lowest BCUT2D eigenvalue weighted by atomic mass is 10.3. The summed E-state index contributed by atoms with van der Waals surface area (Å²) in [7, 11) is 0. The number of aliphatic hydroxyl groups is 1. The maximum Gasteiger partial charge on any atom is 0.196 e. The van der Waals surface area contributed by atoms with Crippen LogP contribution in [0.3, 0.4) is 0 Å². The van der Waals surface area contributed by atoms with Gasteiger partial charge in [-0.3, -0.25) is 0 Å². The monoisotopic (exact) mass is 183 g/mol. The first kappa shape index (κ1) is 10.3. The molecule has 0 aliphatic carbocycles. The molecule has 13 heavy (non-hydrogen) atoms. The minimum atomic E-state index is 0.109. The van der Waals surface area contributed by atoms with Gasteiger partial charge < -0.3 is 5.11 Å². The van der Waals surface area contributed by atoms with E-state index in [-0.39, 0.29) is 6.61 Å². The maximum atomic E-state index is 9.13. The smallest absolute Gasteiger partial charge is 0.196 e. The Kier molecular flexibility index (Phi) is 3.09. The molecule has 74 valence electrons. The highest BCUT2D eigenvalue weighted by Crippen LogP contribution is 2.08. The van der Waals surface area contributed by atoms with Crippen LogP contribution in [0, 0.1) is 0 Å². The van der Waals surface area contributed by atoms with E-state index in [9.17, 15) is 0 Å². The Bertz CT molecular complexity index is 276. The molecule has 3 nitrogen and oxygen atoms in total. The predicted molar refractivity (Wildman–Crippen MR) is 51.3 cm³/mol. The number of hydrogen-bond acceptors (Lipinski definition) is 1. The Morgan fingerprint density at radius 3 is 2.38 bits per heavy atom. The third kappa shape index (κ3) is 1.91. The molecule has 0 aliphatic rings. The standard InChI is InChI=1S/C10H19N2O/c1-8(2)11-6-5-10(7-13)12(11)9(3)4/h5-6,8-9,13H,7H2,1-4H3/q+1. The Hall–Kier alpha value is -0.830. The lowest BCUT2D eigenvalue weighted by molar-refractivity contribution is -0.794. The van der Waals surface area contributed by atoms with Gasteiger partial charge in [0.25, 0.3) is 0 Å². The zero-order valence-corrected chi connectivity index (χ0v) is 8.86. The molecule has 0 amide bonds. The second-order valence-corrected chi connectivity index (χ2v) is 3.88. The normalized spacial score (nSPS) is 11.6. The van der Waals surface area contributed by atoms with Gasteiger partial charge in [0, 0.05) is 6.07 Å². The zero-order chi connectivity index (χ0) is 10.0. The molecule has 1 heterocycles. The summed E-state index contributed by atoms with van der Waals surface area (Å²) >= 11 is 0. The summed E-state index contributed by atoms with van der Waals surface area (Å²) in [5, 5.41) is 9.13. The van der Waals surface area contributed by atoms with E-state index in [4.69, 9.17) is 5.11 Å². The molecule has 1 aromatic rings. The van der Waals surface area contributed by atoms with Crippen molar-refractivity contribution in [3.63, 3.8) is 0 Å². The number of aliphatic hydroxyl groups excluding tert-OH is 1. The molecule has 0 atom stereocenters. The molecule has 0 saturated carbocycles. The summed E-state index contributed by atoms with van der Waals surface area (Å²) in [6.45, 7) is 8.63. The van der Waals surface area contributed by atoms with Gasteiger partial charge in [-0.1, -0.05) is 0 Å². The van der Waals surface area contributed by atoms with E-state index in [1.807, 2.05) is 12.3 Å². The van der Waals surface area contributed by atoms with Crippen molar-refractivity contribution in [3.05, 3.63) is 18.0 Å². The van der Waals surface area contributed by atoms with Crippen LogP contribution in [-0.4, -0.2) is 9.79 Å². The fourth-order valence-electron chi connectivity index (χ4n) is 1.60. The Balaban J connectivity index is 3.14. The Morgan fingerprint density at radius 1 is 1.38 bits per heavy atom. The molecule has 1 rings (SSSR count). The summed E-state index contributed by atoms with van der Waals surface area (Å²) in [6.07, 6.45) is 2.02. The number of rotatable bonds is 3. The minimum absolute atomic E-state index is 0.109. The summed E-state index contributed by atoms with van der Waals surface area (Å²) in [4.78, 5) is 0. The third-order valence-corrected chi connectivity index (χ3v) is 2.14. The van der Waals surface area contributed by atoms with E-state index in [2.05, 4.69) is 37.1 Å². The SMILES string of the molecule is CC(C)n1c(CO)cc[n+]1C(C)C. The second-order valence-electron chi connectivity index (χ2n) is 3.88. The molecule has 0 bridgehead atoms. The van der Waals surface area contributed by atoms with Crippen molar-refractivity contribution in [2.75, 3.05) is 0 Å². The molecule has 0 aliphatic heterocycles. The van der Waals surface area contributed by atoms with Gasteiger partial charge in [0.15, 0.2) is 12.2 Å². The van der Waals surface area contributed by atoms with Gasteiger partial charge in [-0.15, -0.1) is 4.68 Å². The first-order valence-corrected chi connectivity index (χ1v) is 4.80. The van der Waals surface area contributed by atoms with Crippen molar-refractivity contribution < 1.29 is 9.79 Å². The molecule has 0 radical (unpaired) electrons. The summed E-state index contributed by atoms with van der Waals surface area (Å²) < 4.78 is 4.28. The van der Waals surface area contributed by atoms with Crippen molar-refractivity contribution in [3.8, 4) is 0 Å². The summed E-state index contributed by atoms with van der Waals surface area (Å²) in [6, 6.07) is 2.79. The first-order chi connectivity index (χ1) is 6.07. The van der Waals surface area contributed by atoms with Gasteiger partial charge in [0.05, 0.1) is 12.6 Å². The van der Waals surface area contributed by atoms with Crippen LogP contribution in [0.1, 0.15) is 45.5 Å². The van der Waals surface area contributed by atoms with Crippen LogP contribution in [0.15, 0.2) is 12.3 Å². The number of nitrogens with zero attached hydrogens (tertiary/aromatic N) is 2. The van der Waals surface area contributed by atoms with Crippen LogP contribution in [0.4, 0.5) is 0 Å². The molecule has 3 heteroatoms. The topological polar surface area (TPSA) is 29.0 Å². The summed E-state index contributed by atoms with van der Waals surface area (Å²) in [5.74, 6) is 0. The van der Waals surface area contributed by atoms with E-state index in [1.54, 1.807) is 0 Å². The van der Waals surface area contributed by atoms with Crippen LogP contribution in [0.25, 0.3) is 0 Å². The molecule has 1 aromatic heterocycles. The Morgan fingerprint density at radius 2 is 2.00 bits per heavy atom. The first-order valence-electron chi connectivity index (χ1n) is 4.80. The average molecular weight is 183 g/mol. The van der Waals surface area contributed by atoms with E-state index in [1.165, 1.54) is 0 Å². The van der Waals surface area contributed by atoms with E-state index < -0.39 is 0 Å². The van der Waals surface area contributed by atoms with Crippen LogP contribution >= 0.6 is 0 Å². The van der Waals surface area contributed by atoms with Gasteiger partial charge in [-0.2, -0.15) is 4.68 Å². The van der Waals surface area contributed by atoms with E-state index in [0.29, 0.717) is 12.1 Å². The fourth-order valence-corrected chi connectivity index (χ4v) is 1.60. The van der Waals surface area contributed by atoms with Crippen LogP contribution < -0.4 is 4.68 Å². The van der Waals surface area contributed by atoms with Crippen molar-refractivity contribution in [2.45, 2.75) is 46.4 Å². The highest BCUT2D eigenvalue weighted by atomic mass is 16.3. The second kappa shape index (κ2) is 3.92. The molecule has 0 spiro atoms. The molecular formula is C10H19N2O+. The largest absolute Gasteiger partial charge is 0.390 e. The zero-order valence-electron chi connectivity index (χ0n) is 8.86. The molecule has 1 N–H and O–H groups in total. The predicted octanol–water partition coefficient (Wildman–Crippen LogP) is 1.43. The molecule has 0 saturated heterocycles. The van der Waals surface area contributed by atoms with Crippen LogP contribution in [0.5, 0.6) is 0 Å². The quantitative estimate of drug-likeness (QED) is 0.706. The number of aromatic nitrogens is 2. The lowest BCUT2D eigenvalue weighted by Crippen LogP contribution is -2.46. The molecule has 0 unspecified atom stereocenters. The summed E-state index contributed by atoms with van der Waals surface area (Å²) in [5.41, 5.74) is 0.976. The molecule has 0 fully saturated rings. The van der Waals surface area contributed by atoms with Gasteiger partial charge in [0.1, 0.15) is 5.69 Å². The van der Waals surface area contributed by atoms with Crippen molar-refractivity contribution in [1.82, 2.24) is 4.68 Å². The van der Waals surface area contributed by atoms with E-state index in [0.717, 1.165) is 5.69 Å². The van der Waals surface area contributed by atoms with Crippen molar-refractivity contribution in [1.29, 1.82) is 0 Å². The Labute approximate surface area is 79.6 Å². The minimum Gasteiger partial charge on any atom is -0.390 e. The highest BCUT2D eigenvalue weighted by Gasteiger charge is 2.19. The van der Waals surface area contributed by atoms with E-state index >= 15 is 0 Å². The number of hydrogen-bond donors (Lipinski definition) is 1. The maximum absolute atomic E-state index is 9.13. The van der Waals surface area contributed by atoms with Crippen molar-refractivity contribution >= 4 is 0 Å². The molecule has 0 aromatic carbocycles. The third-order valence-electron chi connectivity index (χ3n) is 2.14. The average Bonchev–Trinajstić information content (AvgIpc) is 2.46. The van der Waals surface area contributed by atoms with Gasteiger partial charge in [0.2, 0.25) is 0 Å². The lowest BCUT2D eigenvalue weighted by Gasteiger charge is -2.11. The van der Waals surface area contributed by atoms with Gasteiger partial charge in [-0.25, -0.2) is 0 Å². The van der Waals surface area contributed by atoms with Gasteiger partial charge in [-0.05, 0) is 27.7 Å². The fraction of sp³-hybridized carbons (Fsp3) is 0.700.